The molecule has 0 aliphatic carbocycles. The molecule has 0 fully saturated rings. The van der Waals surface area contributed by atoms with Gasteiger partial charge in [-0.25, -0.2) is 4.79 Å². The Bertz CT molecular complexity index is 912. The van der Waals surface area contributed by atoms with Gasteiger partial charge in [-0.2, -0.15) is 0 Å². The maximum absolute atomic E-state index is 12.7. The number of carbonyl (C=O) groups excluding carboxylic acids is 2. The van der Waals surface area contributed by atoms with E-state index in [-0.39, 0.29) is 17.1 Å². The number of nitrogens with two attached hydrogens (primary N) is 1. The van der Waals surface area contributed by atoms with Crippen molar-refractivity contribution in [3.63, 3.8) is 0 Å². The third kappa shape index (κ3) is 5.17. The van der Waals surface area contributed by atoms with Crippen molar-refractivity contribution in [2.45, 2.75) is 25.2 Å². The fourth-order valence-corrected chi connectivity index (χ4v) is 2.48. The fourth-order valence-electron chi connectivity index (χ4n) is 2.48. The van der Waals surface area contributed by atoms with Crippen LogP contribution in [0.15, 0.2) is 54.6 Å². The summed E-state index contributed by atoms with van der Waals surface area (Å²) in [5.74, 6) is -3.81. The molecule has 0 aromatic heterocycles. The summed E-state index contributed by atoms with van der Waals surface area (Å²) in [5.41, 5.74) is 3.03. The van der Waals surface area contributed by atoms with Crippen LogP contribution in [0.4, 0.5) is 0 Å². The molecule has 0 bridgehead atoms. The maximum Gasteiger partial charge on any atom is 0.378 e. The largest absolute Gasteiger partial charge is 0.476 e. The third-order valence-corrected chi connectivity index (χ3v) is 3.94. The second kappa shape index (κ2) is 8.98. The van der Waals surface area contributed by atoms with E-state index < -0.39 is 35.9 Å². The number of amidine groups is 1. The van der Waals surface area contributed by atoms with Crippen molar-refractivity contribution in [1.29, 1.82) is 5.41 Å². The number of carboxylic acid groups (broad SMARTS) is 1. The number of carboxylic acids is 1. The SMILES string of the molecule is CC(O)CC(=O)C(NC(=O)c1ccc(C(=N)N)cc1)(Oc1ccccc1)C(=O)O. The number of nitrogen functional groups attached to an aromatic ring is 1. The standard InChI is InChI=1S/C20H21N3O6/c1-12(24)11-16(25)20(19(27)28,29-15-5-3-2-4-6-15)23-18(26)14-9-7-13(8-10-14)17(21)22/h2-10,12,24H,11H2,1H3,(H3,21,22)(H,23,26)(H,27,28). The van der Waals surface area contributed by atoms with E-state index in [1.807, 2.05) is 0 Å². The minimum absolute atomic E-state index is 0.0298. The van der Waals surface area contributed by atoms with Gasteiger partial charge in [0.05, 0.1) is 6.10 Å². The van der Waals surface area contributed by atoms with Gasteiger partial charge in [0.15, 0.2) is 0 Å². The third-order valence-electron chi connectivity index (χ3n) is 3.94. The molecule has 0 spiro atoms. The zero-order valence-corrected chi connectivity index (χ0v) is 15.6. The lowest BCUT2D eigenvalue weighted by molar-refractivity contribution is -0.165. The summed E-state index contributed by atoms with van der Waals surface area (Å²) in [6.45, 7) is 1.31. The van der Waals surface area contributed by atoms with Crippen LogP contribution in [0, 0.1) is 5.41 Å². The van der Waals surface area contributed by atoms with E-state index in [0.29, 0.717) is 5.56 Å². The normalized spacial score (nSPS) is 13.6. The fraction of sp³-hybridized carbons (Fsp3) is 0.200. The molecule has 9 nitrogen and oxygen atoms in total. The molecule has 2 aromatic rings. The average Bonchev–Trinajstić information content (AvgIpc) is 2.67. The molecule has 2 atom stereocenters. The molecule has 0 aliphatic rings. The first-order valence-electron chi connectivity index (χ1n) is 8.61. The average molecular weight is 399 g/mol. The van der Waals surface area contributed by atoms with E-state index in [4.69, 9.17) is 15.9 Å². The number of aliphatic hydroxyl groups is 1. The van der Waals surface area contributed by atoms with E-state index in [1.165, 1.54) is 43.3 Å². The van der Waals surface area contributed by atoms with Gasteiger partial charge in [-0.05, 0) is 31.2 Å². The lowest BCUT2D eigenvalue weighted by Gasteiger charge is -2.30. The second-order valence-electron chi connectivity index (χ2n) is 6.32. The number of para-hydroxylation sites is 1. The van der Waals surface area contributed by atoms with E-state index in [9.17, 15) is 24.6 Å². The Morgan fingerprint density at radius 1 is 1.10 bits per heavy atom. The zero-order chi connectivity index (χ0) is 21.6. The number of benzene rings is 2. The maximum atomic E-state index is 12.7. The van der Waals surface area contributed by atoms with Crippen molar-refractivity contribution in [3.05, 3.63) is 65.7 Å². The highest BCUT2D eigenvalue weighted by Gasteiger charge is 2.50. The Hall–Kier alpha value is -3.72. The van der Waals surface area contributed by atoms with Gasteiger partial charge in [0, 0.05) is 17.5 Å². The quantitative estimate of drug-likeness (QED) is 0.181. The van der Waals surface area contributed by atoms with Crippen molar-refractivity contribution < 1.29 is 29.3 Å². The van der Waals surface area contributed by atoms with Gasteiger partial charge in [-0.15, -0.1) is 0 Å². The summed E-state index contributed by atoms with van der Waals surface area (Å²) in [6.07, 6.45) is -1.70. The zero-order valence-electron chi connectivity index (χ0n) is 15.6. The van der Waals surface area contributed by atoms with Crippen LogP contribution in [0.3, 0.4) is 0 Å². The predicted octanol–water partition coefficient (Wildman–Crippen LogP) is 0.900. The number of hydrogen-bond donors (Lipinski definition) is 5. The van der Waals surface area contributed by atoms with Crippen molar-refractivity contribution in [1.82, 2.24) is 5.32 Å². The van der Waals surface area contributed by atoms with Crippen LogP contribution in [0.25, 0.3) is 0 Å². The number of aliphatic carboxylic acids is 1. The molecule has 152 valence electrons. The highest BCUT2D eigenvalue weighted by Crippen LogP contribution is 2.21. The summed E-state index contributed by atoms with van der Waals surface area (Å²) in [7, 11) is 0. The van der Waals surface area contributed by atoms with E-state index in [2.05, 4.69) is 5.32 Å². The summed E-state index contributed by atoms with van der Waals surface area (Å²) >= 11 is 0. The summed E-state index contributed by atoms with van der Waals surface area (Å²) < 4.78 is 5.43. The lowest BCUT2D eigenvalue weighted by atomic mass is 10.0. The molecule has 0 aliphatic heterocycles. The van der Waals surface area contributed by atoms with Gasteiger partial charge in [-0.1, -0.05) is 30.3 Å². The van der Waals surface area contributed by atoms with Crippen molar-refractivity contribution >= 4 is 23.5 Å². The van der Waals surface area contributed by atoms with Crippen molar-refractivity contribution in [3.8, 4) is 5.75 Å². The molecule has 29 heavy (non-hydrogen) atoms. The predicted molar refractivity (Wildman–Crippen MR) is 104 cm³/mol. The number of rotatable bonds is 9. The molecule has 1 amide bonds. The topological polar surface area (TPSA) is 163 Å². The summed E-state index contributed by atoms with van der Waals surface area (Å²) in [6, 6.07) is 13.2. The Kier molecular flexibility index (Phi) is 6.68. The van der Waals surface area contributed by atoms with Gasteiger partial charge in [0.1, 0.15) is 11.6 Å². The minimum Gasteiger partial charge on any atom is -0.476 e. The number of amides is 1. The molecule has 6 N–H and O–H groups in total. The highest BCUT2D eigenvalue weighted by molar-refractivity contribution is 6.11. The molecule has 0 heterocycles. The highest BCUT2D eigenvalue weighted by atomic mass is 16.5. The molecule has 2 unspecified atom stereocenters. The van der Waals surface area contributed by atoms with E-state index >= 15 is 0 Å². The first-order chi connectivity index (χ1) is 13.7. The van der Waals surface area contributed by atoms with E-state index in [1.54, 1.807) is 18.2 Å². The molecule has 9 heteroatoms. The number of carbonyl (C=O) groups is 3. The number of ether oxygens (including phenoxy) is 1. The molecular formula is C20H21N3O6. The Balaban J connectivity index is 2.41. The number of nitrogens with one attached hydrogen (secondary N) is 2. The molecule has 0 saturated carbocycles. The minimum atomic E-state index is -2.74. The second-order valence-corrected chi connectivity index (χ2v) is 6.32. The van der Waals surface area contributed by atoms with Crippen LogP contribution in [0.5, 0.6) is 5.75 Å². The van der Waals surface area contributed by atoms with Crippen LogP contribution in [-0.2, 0) is 9.59 Å². The smallest absolute Gasteiger partial charge is 0.378 e. The molecule has 0 radical (unpaired) electrons. The number of ketones is 1. The van der Waals surface area contributed by atoms with Gasteiger partial charge in [0.2, 0.25) is 5.78 Å². The Morgan fingerprint density at radius 3 is 2.14 bits per heavy atom. The van der Waals surface area contributed by atoms with Crippen molar-refractivity contribution in [2.24, 2.45) is 5.73 Å². The first-order valence-corrected chi connectivity index (χ1v) is 8.61. The molecule has 0 saturated heterocycles. The number of hydrogen-bond acceptors (Lipinski definition) is 6. The molecule has 2 aromatic carbocycles. The lowest BCUT2D eigenvalue weighted by Crippen LogP contribution is -2.64. The monoisotopic (exact) mass is 399 g/mol. The van der Waals surface area contributed by atoms with Crippen LogP contribution in [0.1, 0.15) is 29.3 Å². The van der Waals surface area contributed by atoms with Gasteiger partial charge in [-0.3, -0.25) is 20.3 Å². The Morgan fingerprint density at radius 2 is 1.66 bits per heavy atom. The van der Waals surface area contributed by atoms with Gasteiger partial charge < -0.3 is 20.7 Å². The number of aliphatic hydroxyl groups excluding tert-OH is 1. The van der Waals surface area contributed by atoms with Crippen LogP contribution >= 0.6 is 0 Å². The summed E-state index contributed by atoms with van der Waals surface area (Å²) in [4.78, 5) is 37.5. The molecule has 2 rings (SSSR count). The van der Waals surface area contributed by atoms with Crippen molar-refractivity contribution in [2.75, 3.05) is 0 Å². The van der Waals surface area contributed by atoms with Crippen LogP contribution in [-0.4, -0.2) is 45.5 Å². The van der Waals surface area contributed by atoms with Crippen LogP contribution in [0.2, 0.25) is 0 Å². The van der Waals surface area contributed by atoms with Crippen LogP contribution < -0.4 is 15.8 Å². The van der Waals surface area contributed by atoms with E-state index in [0.717, 1.165) is 0 Å². The Labute approximate surface area is 166 Å². The van der Waals surface area contributed by atoms with Gasteiger partial charge >= 0.3 is 11.7 Å². The molecular weight excluding hydrogens is 378 g/mol. The first kappa shape index (κ1) is 21.6. The summed E-state index contributed by atoms with van der Waals surface area (Å²) in [5, 5.41) is 28.9. The number of Topliss-reactive ketones (excluding diaryl/α,β-unsaturated/α-hetero) is 1. The van der Waals surface area contributed by atoms with Gasteiger partial charge in [0.25, 0.3) is 5.91 Å².